The number of ketones is 1. The Morgan fingerprint density at radius 2 is 2.05 bits per heavy atom. The first kappa shape index (κ1) is 16.5. The number of ether oxygens (including phenoxy) is 1. The second-order valence-corrected chi connectivity index (χ2v) is 7.94. The molecule has 0 radical (unpaired) electrons. The third kappa shape index (κ3) is 3.88. The van der Waals surface area contributed by atoms with E-state index in [2.05, 4.69) is 42.8 Å². The topological polar surface area (TPSA) is 26.3 Å². The molecule has 0 aromatic heterocycles. The monoisotopic (exact) mass is 352 g/mol. The molecule has 3 heteroatoms. The Balaban J connectivity index is 2.21. The minimum atomic E-state index is -0.0364. The van der Waals surface area contributed by atoms with Gasteiger partial charge >= 0.3 is 0 Å². The number of rotatable bonds is 4. The fourth-order valence-corrected chi connectivity index (χ4v) is 3.93. The summed E-state index contributed by atoms with van der Waals surface area (Å²) in [4.78, 5) is 12.4. The van der Waals surface area contributed by atoms with Gasteiger partial charge in [-0.25, -0.2) is 0 Å². The summed E-state index contributed by atoms with van der Waals surface area (Å²) in [5.41, 5.74) is 1.13. The predicted molar refractivity (Wildman–Crippen MR) is 89.7 cm³/mol. The van der Waals surface area contributed by atoms with Crippen molar-refractivity contribution in [1.29, 1.82) is 0 Å². The van der Waals surface area contributed by atoms with Gasteiger partial charge in [0.25, 0.3) is 0 Å². The molecule has 2 atom stereocenters. The van der Waals surface area contributed by atoms with Crippen LogP contribution in [0, 0.1) is 17.3 Å². The number of halogens is 1. The summed E-state index contributed by atoms with van der Waals surface area (Å²) in [6, 6.07) is 6.08. The zero-order chi connectivity index (χ0) is 15.6. The van der Waals surface area contributed by atoms with Crippen LogP contribution in [0.2, 0.25) is 0 Å². The van der Waals surface area contributed by atoms with Crippen molar-refractivity contribution in [2.75, 3.05) is 7.11 Å². The molecule has 1 aliphatic rings. The van der Waals surface area contributed by atoms with Gasteiger partial charge < -0.3 is 4.74 Å². The molecule has 0 amide bonds. The van der Waals surface area contributed by atoms with Gasteiger partial charge in [-0.2, -0.15) is 0 Å². The summed E-state index contributed by atoms with van der Waals surface area (Å²) < 4.78 is 6.53. The maximum atomic E-state index is 12.4. The second-order valence-electron chi connectivity index (χ2n) is 7.03. The molecule has 0 heterocycles. The summed E-state index contributed by atoms with van der Waals surface area (Å²) in [7, 11) is 1.70. The molecule has 2 rings (SSSR count). The number of Topliss-reactive ketones (excluding diaryl/α,β-unsaturated/α-hetero) is 1. The number of carbonyl (C=O) groups is 1. The molecule has 1 aromatic carbocycles. The molecule has 0 aliphatic heterocycles. The van der Waals surface area contributed by atoms with Crippen molar-refractivity contribution in [2.24, 2.45) is 17.3 Å². The molecule has 0 spiro atoms. The first-order valence-corrected chi connectivity index (χ1v) is 8.48. The van der Waals surface area contributed by atoms with E-state index in [9.17, 15) is 4.79 Å². The molecule has 1 aliphatic carbocycles. The number of hydrogen-bond acceptors (Lipinski definition) is 2. The highest BCUT2D eigenvalue weighted by Crippen LogP contribution is 2.41. The van der Waals surface area contributed by atoms with Crippen molar-refractivity contribution in [3.8, 4) is 5.75 Å². The van der Waals surface area contributed by atoms with Crippen LogP contribution in [0.1, 0.15) is 45.6 Å². The summed E-state index contributed by atoms with van der Waals surface area (Å²) in [6.07, 6.45) is 3.78. The van der Waals surface area contributed by atoms with E-state index >= 15 is 0 Å². The largest absolute Gasteiger partial charge is 0.496 e. The van der Waals surface area contributed by atoms with Crippen LogP contribution >= 0.6 is 15.9 Å². The summed E-state index contributed by atoms with van der Waals surface area (Å²) >= 11 is 3.53. The number of carbonyl (C=O) groups excluding carboxylic acids is 1. The van der Waals surface area contributed by atoms with Crippen LogP contribution in [-0.4, -0.2) is 12.9 Å². The van der Waals surface area contributed by atoms with Gasteiger partial charge in [0.2, 0.25) is 0 Å². The summed E-state index contributed by atoms with van der Waals surface area (Å²) in [5.74, 6) is 2.05. The number of benzene rings is 1. The van der Waals surface area contributed by atoms with Gasteiger partial charge in [0.05, 0.1) is 7.11 Å². The standard InChI is InChI=1S/C18H25BrO2/c1-12-5-7-15(16(20)9-12)18(2,3)11-13-10-14(19)6-8-17(13)21-4/h6,8,10,12,15H,5,7,9,11H2,1-4H3. The van der Waals surface area contributed by atoms with E-state index in [4.69, 9.17) is 4.74 Å². The molecule has 1 saturated carbocycles. The fraction of sp³-hybridized carbons (Fsp3) is 0.611. The average molecular weight is 353 g/mol. The van der Waals surface area contributed by atoms with E-state index in [0.717, 1.165) is 35.9 Å². The van der Waals surface area contributed by atoms with E-state index in [1.54, 1.807) is 7.11 Å². The van der Waals surface area contributed by atoms with Gasteiger partial charge in [0.15, 0.2) is 0 Å². The predicted octanol–water partition coefficient (Wildman–Crippen LogP) is 5.03. The lowest BCUT2D eigenvalue weighted by Gasteiger charge is -2.38. The Kier molecular flexibility index (Phi) is 5.13. The molecule has 21 heavy (non-hydrogen) atoms. The van der Waals surface area contributed by atoms with Crippen LogP contribution in [-0.2, 0) is 11.2 Å². The van der Waals surface area contributed by atoms with Crippen molar-refractivity contribution in [2.45, 2.75) is 46.5 Å². The van der Waals surface area contributed by atoms with E-state index in [1.165, 1.54) is 5.56 Å². The summed E-state index contributed by atoms with van der Waals surface area (Å²) in [5, 5.41) is 0. The van der Waals surface area contributed by atoms with Crippen molar-refractivity contribution in [3.05, 3.63) is 28.2 Å². The minimum absolute atomic E-state index is 0.0364. The second kappa shape index (κ2) is 6.51. The molecule has 116 valence electrons. The quantitative estimate of drug-likeness (QED) is 0.759. The Hall–Kier alpha value is -0.830. The summed E-state index contributed by atoms with van der Waals surface area (Å²) in [6.45, 7) is 6.61. The van der Waals surface area contributed by atoms with Crippen LogP contribution in [0.25, 0.3) is 0 Å². The van der Waals surface area contributed by atoms with Gasteiger partial charge in [0.1, 0.15) is 11.5 Å². The highest BCUT2D eigenvalue weighted by Gasteiger charge is 2.38. The van der Waals surface area contributed by atoms with Gasteiger partial charge in [-0.1, -0.05) is 36.7 Å². The SMILES string of the molecule is COc1ccc(Br)cc1CC(C)(C)C1CCC(C)CC1=O. The molecule has 1 fully saturated rings. The Morgan fingerprint density at radius 1 is 1.33 bits per heavy atom. The first-order chi connectivity index (χ1) is 9.83. The van der Waals surface area contributed by atoms with E-state index in [-0.39, 0.29) is 11.3 Å². The molecule has 2 nitrogen and oxygen atoms in total. The molecule has 0 saturated heterocycles. The third-order valence-corrected chi connectivity index (χ3v) is 5.21. The lowest BCUT2D eigenvalue weighted by atomic mass is 9.66. The fourth-order valence-electron chi connectivity index (χ4n) is 3.53. The highest BCUT2D eigenvalue weighted by molar-refractivity contribution is 9.10. The normalized spacial score (nSPS) is 23.2. The smallest absolute Gasteiger partial charge is 0.136 e. The van der Waals surface area contributed by atoms with Gasteiger partial charge in [-0.15, -0.1) is 0 Å². The van der Waals surface area contributed by atoms with Crippen molar-refractivity contribution >= 4 is 21.7 Å². The van der Waals surface area contributed by atoms with E-state index in [0.29, 0.717) is 11.7 Å². The van der Waals surface area contributed by atoms with Gasteiger partial charge in [-0.05, 0) is 54.4 Å². The zero-order valence-electron chi connectivity index (χ0n) is 13.4. The third-order valence-electron chi connectivity index (χ3n) is 4.72. The van der Waals surface area contributed by atoms with E-state index in [1.807, 2.05) is 12.1 Å². The molecule has 0 bridgehead atoms. The van der Waals surface area contributed by atoms with Crippen LogP contribution in [0.4, 0.5) is 0 Å². The Labute approximate surface area is 136 Å². The average Bonchev–Trinajstić information content (AvgIpc) is 2.37. The van der Waals surface area contributed by atoms with Crippen molar-refractivity contribution < 1.29 is 9.53 Å². The lowest BCUT2D eigenvalue weighted by Crippen LogP contribution is -2.36. The van der Waals surface area contributed by atoms with Crippen LogP contribution in [0.15, 0.2) is 22.7 Å². The molecule has 2 unspecified atom stereocenters. The first-order valence-electron chi connectivity index (χ1n) is 7.68. The molecule has 1 aromatic rings. The maximum Gasteiger partial charge on any atom is 0.136 e. The van der Waals surface area contributed by atoms with Gasteiger partial charge in [-0.3, -0.25) is 4.79 Å². The Bertz CT molecular complexity index is 522. The number of methoxy groups -OCH3 is 1. The van der Waals surface area contributed by atoms with Crippen molar-refractivity contribution in [1.82, 2.24) is 0 Å². The Morgan fingerprint density at radius 3 is 2.67 bits per heavy atom. The van der Waals surface area contributed by atoms with Crippen molar-refractivity contribution in [3.63, 3.8) is 0 Å². The van der Waals surface area contributed by atoms with Crippen LogP contribution < -0.4 is 4.74 Å². The molecule has 0 N–H and O–H groups in total. The van der Waals surface area contributed by atoms with Gasteiger partial charge in [0, 0.05) is 16.8 Å². The zero-order valence-corrected chi connectivity index (χ0v) is 15.0. The van der Waals surface area contributed by atoms with Crippen LogP contribution in [0.5, 0.6) is 5.75 Å². The lowest BCUT2D eigenvalue weighted by molar-refractivity contribution is -0.129. The molecular formula is C18H25BrO2. The minimum Gasteiger partial charge on any atom is -0.496 e. The maximum absolute atomic E-state index is 12.4. The molecular weight excluding hydrogens is 328 g/mol. The highest BCUT2D eigenvalue weighted by atomic mass is 79.9. The van der Waals surface area contributed by atoms with E-state index < -0.39 is 0 Å². The number of hydrogen-bond donors (Lipinski definition) is 0. The van der Waals surface area contributed by atoms with Crippen LogP contribution in [0.3, 0.4) is 0 Å².